The maximum Gasteiger partial charge on any atom is 0.227 e. The number of hydrogen-bond acceptors (Lipinski definition) is 2. The van der Waals surface area contributed by atoms with Crippen LogP contribution in [0, 0.1) is 11.7 Å². The van der Waals surface area contributed by atoms with Gasteiger partial charge >= 0.3 is 0 Å². The molecule has 0 saturated carbocycles. The summed E-state index contributed by atoms with van der Waals surface area (Å²) in [4.78, 5) is 15.1. The summed E-state index contributed by atoms with van der Waals surface area (Å²) in [5, 5.41) is 6.09. The van der Waals surface area contributed by atoms with Crippen molar-refractivity contribution in [3.63, 3.8) is 0 Å². The largest absolute Gasteiger partial charge is 0.325 e. The van der Waals surface area contributed by atoms with E-state index in [0.717, 1.165) is 49.8 Å². The molecule has 0 atom stereocenters. The molecule has 2 aliphatic rings. The minimum Gasteiger partial charge on any atom is -0.325 e. The molecule has 5 rings (SSSR count). The Hall–Kier alpha value is -2.43. The van der Waals surface area contributed by atoms with Gasteiger partial charge in [0.25, 0.3) is 0 Å². The van der Waals surface area contributed by atoms with Gasteiger partial charge in [0.2, 0.25) is 5.91 Å². The lowest BCUT2D eigenvalue weighted by molar-refractivity contribution is -0.121. The first-order valence-corrected chi connectivity index (χ1v) is 11.0. The molecule has 1 aliphatic heterocycles. The van der Waals surface area contributed by atoms with Gasteiger partial charge in [-0.05, 0) is 73.5 Å². The first-order chi connectivity index (χ1) is 14.6. The Bertz CT molecular complexity index is 1090. The third-order valence-corrected chi connectivity index (χ3v) is 6.89. The number of anilines is 1. The second-order valence-corrected chi connectivity index (χ2v) is 8.76. The molecule has 0 aromatic heterocycles. The maximum atomic E-state index is 14.1. The van der Waals surface area contributed by atoms with Crippen LogP contribution in [0.1, 0.15) is 29.5 Å². The normalized spacial score (nSPS) is 16.9. The minimum absolute atomic E-state index is 0.0274. The maximum absolute atomic E-state index is 14.1. The number of nitrogens with zero attached hydrogens (tertiary/aromatic N) is 1. The standard InChI is InChI=1S/C25H24ClFN2O/c26-21-5-2-6-22(27)20(21)15-29-13-11-18(12-14-29)25(30)28-23-10-9-17-8-7-16-3-1-4-19(23)24(16)17/h1-6,9-10,18H,7-8,11-15H2,(H,28,30). The Labute approximate surface area is 180 Å². The van der Waals surface area contributed by atoms with Crippen molar-refractivity contribution in [1.29, 1.82) is 0 Å². The van der Waals surface area contributed by atoms with Crippen LogP contribution in [0.2, 0.25) is 5.02 Å². The van der Waals surface area contributed by atoms with E-state index in [-0.39, 0.29) is 17.6 Å². The summed E-state index contributed by atoms with van der Waals surface area (Å²) in [6, 6.07) is 15.3. The molecule has 1 heterocycles. The number of halogens is 2. The van der Waals surface area contributed by atoms with Crippen molar-refractivity contribution in [1.82, 2.24) is 4.90 Å². The SMILES string of the molecule is O=C(Nc1ccc2c3c(cccc13)CC2)C1CCN(Cc2c(F)cccc2Cl)CC1. The number of amides is 1. The van der Waals surface area contributed by atoms with Gasteiger partial charge in [-0.15, -0.1) is 0 Å². The summed E-state index contributed by atoms with van der Waals surface area (Å²) >= 11 is 6.16. The molecule has 0 spiro atoms. The van der Waals surface area contributed by atoms with E-state index >= 15 is 0 Å². The van der Waals surface area contributed by atoms with Crippen LogP contribution in [0.4, 0.5) is 10.1 Å². The molecule has 0 radical (unpaired) electrons. The quantitative estimate of drug-likeness (QED) is 0.595. The highest BCUT2D eigenvalue weighted by Crippen LogP contribution is 2.35. The molecule has 3 aromatic rings. The van der Waals surface area contributed by atoms with Crippen LogP contribution < -0.4 is 5.32 Å². The number of aryl methyl sites for hydroxylation is 2. The number of nitrogens with one attached hydrogen (secondary N) is 1. The van der Waals surface area contributed by atoms with Gasteiger partial charge in [-0.1, -0.05) is 41.9 Å². The molecule has 3 nitrogen and oxygen atoms in total. The van der Waals surface area contributed by atoms with Crippen LogP contribution in [0.5, 0.6) is 0 Å². The van der Waals surface area contributed by atoms with Crippen molar-refractivity contribution in [2.24, 2.45) is 5.92 Å². The van der Waals surface area contributed by atoms with Crippen LogP contribution in [0.15, 0.2) is 48.5 Å². The molecule has 3 aromatic carbocycles. The molecule has 30 heavy (non-hydrogen) atoms. The predicted octanol–water partition coefficient (Wildman–Crippen LogP) is 5.58. The first-order valence-electron chi connectivity index (χ1n) is 10.6. The summed E-state index contributed by atoms with van der Waals surface area (Å²) in [7, 11) is 0. The van der Waals surface area contributed by atoms with E-state index in [0.29, 0.717) is 17.1 Å². The van der Waals surface area contributed by atoms with Gasteiger partial charge in [0.15, 0.2) is 0 Å². The molecular weight excluding hydrogens is 399 g/mol. The number of piperidine rings is 1. The molecule has 1 N–H and O–H groups in total. The molecule has 1 amide bonds. The topological polar surface area (TPSA) is 32.3 Å². The Morgan fingerprint density at radius 1 is 1.03 bits per heavy atom. The van der Waals surface area contributed by atoms with E-state index in [1.165, 1.54) is 22.6 Å². The van der Waals surface area contributed by atoms with Crippen LogP contribution >= 0.6 is 11.6 Å². The molecule has 5 heteroatoms. The fourth-order valence-electron chi connectivity index (χ4n) is 4.85. The lowest BCUT2D eigenvalue weighted by Crippen LogP contribution is -2.38. The van der Waals surface area contributed by atoms with Crippen molar-refractivity contribution < 1.29 is 9.18 Å². The number of hydrogen-bond donors (Lipinski definition) is 1. The number of benzene rings is 3. The van der Waals surface area contributed by atoms with E-state index in [1.807, 2.05) is 6.07 Å². The zero-order valence-electron chi connectivity index (χ0n) is 16.8. The van der Waals surface area contributed by atoms with Crippen molar-refractivity contribution in [2.45, 2.75) is 32.2 Å². The van der Waals surface area contributed by atoms with Crippen LogP contribution in [-0.2, 0) is 24.2 Å². The second-order valence-electron chi connectivity index (χ2n) is 8.35. The monoisotopic (exact) mass is 422 g/mol. The average Bonchev–Trinajstić information content (AvgIpc) is 3.18. The second kappa shape index (κ2) is 8.01. The van der Waals surface area contributed by atoms with Crippen molar-refractivity contribution in [3.05, 3.63) is 76.1 Å². The van der Waals surface area contributed by atoms with E-state index in [2.05, 4.69) is 34.5 Å². The number of carbonyl (C=O) groups excluding carboxylic acids is 1. The van der Waals surface area contributed by atoms with Gasteiger partial charge in [-0.3, -0.25) is 9.69 Å². The Morgan fingerprint density at radius 2 is 1.77 bits per heavy atom. The lowest BCUT2D eigenvalue weighted by Gasteiger charge is -2.31. The summed E-state index contributed by atoms with van der Waals surface area (Å²) in [5.41, 5.74) is 4.19. The fourth-order valence-corrected chi connectivity index (χ4v) is 5.07. The molecular formula is C25H24ClFN2O. The van der Waals surface area contributed by atoms with Crippen LogP contribution in [-0.4, -0.2) is 23.9 Å². The third kappa shape index (κ3) is 3.59. The van der Waals surface area contributed by atoms with Gasteiger partial charge in [0.05, 0.1) is 0 Å². The van der Waals surface area contributed by atoms with Crippen molar-refractivity contribution in [2.75, 3.05) is 18.4 Å². The van der Waals surface area contributed by atoms with E-state index in [4.69, 9.17) is 11.6 Å². The van der Waals surface area contributed by atoms with Gasteiger partial charge in [0.1, 0.15) is 5.82 Å². The van der Waals surface area contributed by atoms with Gasteiger partial charge < -0.3 is 5.32 Å². The van der Waals surface area contributed by atoms with Crippen molar-refractivity contribution in [3.8, 4) is 0 Å². The highest BCUT2D eigenvalue weighted by atomic mass is 35.5. The fraction of sp³-hybridized carbons (Fsp3) is 0.320. The minimum atomic E-state index is -0.269. The van der Waals surface area contributed by atoms with E-state index in [1.54, 1.807) is 12.1 Å². The number of likely N-dealkylation sites (tertiary alicyclic amines) is 1. The summed E-state index contributed by atoms with van der Waals surface area (Å²) in [6.07, 6.45) is 3.68. The predicted molar refractivity (Wildman–Crippen MR) is 119 cm³/mol. The van der Waals surface area contributed by atoms with E-state index in [9.17, 15) is 9.18 Å². The van der Waals surface area contributed by atoms with Crippen molar-refractivity contribution >= 4 is 34.0 Å². The zero-order chi connectivity index (χ0) is 20.7. The molecule has 154 valence electrons. The molecule has 1 saturated heterocycles. The summed E-state index contributed by atoms with van der Waals surface area (Å²) < 4.78 is 14.1. The molecule has 1 fully saturated rings. The smallest absolute Gasteiger partial charge is 0.227 e. The Balaban J connectivity index is 1.25. The Morgan fingerprint density at radius 3 is 2.53 bits per heavy atom. The van der Waals surface area contributed by atoms with E-state index < -0.39 is 0 Å². The number of carbonyl (C=O) groups is 1. The summed E-state index contributed by atoms with van der Waals surface area (Å²) in [5.74, 6) is -0.216. The Kier molecular flexibility index (Phi) is 5.21. The van der Waals surface area contributed by atoms with Gasteiger partial charge in [0, 0.05) is 34.1 Å². The van der Waals surface area contributed by atoms with Crippen LogP contribution in [0.25, 0.3) is 10.8 Å². The third-order valence-electron chi connectivity index (χ3n) is 6.54. The van der Waals surface area contributed by atoms with Crippen LogP contribution in [0.3, 0.4) is 0 Å². The number of rotatable bonds is 4. The van der Waals surface area contributed by atoms with Gasteiger partial charge in [-0.2, -0.15) is 0 Å². The van der Waals surface area contributed by atoms with Gasteiger partial charge in [-0.25, -0.2) is 4.39 Å². The molecule has 1 aliphatic carbocycles. The zero-order valence-corrected chi connectivity index (χ0v) is 17.5. The molecule has 0 unspecified atom stereocenters. The first kappa shape index (κ1) is 19.5. The molecule has 0 bridgehead atoms. The lowest BCUT2D eigenvalue weighted by atomic mass is 9.95. The highest BCUT2D eigenvalue weighted by Gasteiger charge is 2.26. The average molecular weight is 423 g/mol. The summed E-state index contributed by atoms with van der Waals surface area (Å²) in [6.45, 7) is 1.99. The highest BCUT2D eigenvalue weighted by molar-refractivity contribution is 6.31.